The molecular weight excluding hydrogens is 591 g/mol. The van der Waals surface area contributed by atoms with E-state index in [1.165, 1.54) is 11.3 Å². The Bertz CT molecular complexity index is 1200. The van der Waals surface area contributed by atoms with E-state index in [9.17, 15) is 4.79 Å². The molecule has 0 aliphatic rings. The molecule has 0 fully saturated rings. The fourth-order valence-electron chi connectivity index (χ4n) is 2.93. The molecule has 8 heteroatoms. The molecule has 3 aromatic carbocycles. The molecule has 0 saturated heterocycles. The Hall–Kier alpha value is -2.01. The maximum Gasteiger partial charge on any atom is 0.257 e. The summed E-state index contributed by atoms with van der Waals surface area (Å²) in [4.78, 5) is 17.3. The van der Waals surface area contributed by atoms with Crippen LogP contribution in [0.1, 0.15) is 17.3 Å². The molecule has 1 aromatic heterocycles. The van der Waals surface area contributed by atoms with Crippen LogP contribution in [0.5, 0.6) is 5.75 Å². The first-order chi connectivity index (χ1) is 14.6. The van der Waals surface area contributed by atoms with Crippen LogP contribution in [0.3, 0.4) is 0 Å². The fourth-order valence-corrected chi connectivity index (χ4v) is 4.52. The summed E-state index contributed by atoms with van der Waals surface area (Å²) in [6.45, 7) is 2.73. The van der Waals surface area contributed by atoms with Gasteiger partial charge in [-0.1, -0.05) is 41.7 Å². The number of aromatic nitrogens is 1. The molecule has 0 saturated carbocycles. The zero-order valence-corrected chi connectivity index (χ0v) is 21.3. The van der Waals surface area contributed by atoms with E-state index in [0.29, 0.717) is 23.1 Å². The highest BCUT2D eigenvalue weighted by atomic mass is 127. The summed E-state index contributed by atoms with van der Waals surface area (Å²) in [5.41, 5.74) is 3.51. The lowest BCUT2D eigenvalue weighted by Crippen LogP contribution is -2.11. The van der Waals surface area contributed by atoms with E-state index in [2.05, 4.69) is 45.0 Å². The molecule has 0 aliphatic carbocycles. The molecule has 31 heavy (non-hydrogen) atoms. The quantitative estimate of drug-likeness (QED) is 0.142. The first-order valence-electron chi connectivity index (χ1n) is 9.41. The molecule has 5 nitrogen and oxygen atoms in total. The Kier molecular flexibility index (Phi) is 8.42. The molecule has 1 N–H and O–H groups in total. The van der Waals surface area contributed by atoms with E-state index in [-0.39, 0.29) is 29.7 Å². The van der Waals surface area contributed by atoms with Gasteiger partial charge in [0.1, 0.15) is 5.75 Å². The number of carbonyl (C=O) groups excluding carboxylic acids is 1. The van der Waals surface area contributed by atoms with Crippen LogP contribution in [-0.4, -0.2) is 24.3 Å². The van der Waals surface area contributed by atoms with E-state index < -0.39 is 0 Å². The maximum absolute atomic E-state index is 12.8. The van der Waals surface area contributed by atoms with E-state index in [0.717, 1.165) is 24.9 Å². The minimum Gasteiger partial charge on any atom is -0.468 e. The van der Waals surface area contributed by atoms with Crippen LogP contribution in [0.15, 0.2) is 66.7 Å². The molecule has 0 unspecified atom stereocenters. The lowest BCUT2D eigenvalue weighted by Gasteiger charge is -2.07. The van der Waals surface area contributed by atoms with Gasteiger partial charge in [0.05, 0.1) is 10.2 Å². The first-order valence-corrected chi connectivity index (χ1v) is 11.3. The second-order valence-electron chi connectivity index (χ2n) is 6.42. The topological polar surface area (TPSA) is 60.5 Å². The van der Waals surface area contributed by atoms with Crippen molar-refractivity contribution >= 4 is 72.2 Å². The highest BCUT2D eigenvalue weighted by molar-refractivity contribution is 14.1. The number of halogens is 2. The van der Waals surface area contributed by atoms with Gasteiger partial charge in [0.2, 0.25) is 0 Å². The minimum atomic E-state index is -0.185. The van der Waals surface area contributed by atoms with E-state index >= 15 is 0 Å². The van der Waals surface area contributed by atoms with Crippen molar-refractivity contribution in [2.75, 3.05) is 18.7 Å². The normalized spacial score (nSPS) is 10.5. The van der Waals surface area contributed by atoms with Crippen molar-refractivity contribution in [1.82, 2.24) is 4.98 Å². The summed E-state index contributed by atoms with van der Waals surface area (Å²) in [6.07, 6.45) is 0. The number of hydrogen-bond acceptors (Lipinski definition) is 5. The lowest BCUT2D eigenvalue weighted by atomic mass is 10.0. The summed E-state index contributed by atoms with van der Waals surface area (Å²) in [5, 5.41) is 3.47. The van der Waals surface area contributed by atoms with Crippen molar-refractivity contribution in [2.24, 2.45) is 0 Å². The Morgan fingerprint density at radius 3 is 2.74 bits per heavy atom. The zero-order chi connectivity index (χ0) is 20.9. The first kappa shape index (κ1) is 23.6. The Labute approximate surface area is 208 Å². The van der Waals surface area contributed by atoms with E-state index in [1.54, 1.807) is 0 Å². The smallest absolute Gasteiger partial charge is 0.257 e. The SMILES string of the molecule is Br.CCOCOc1ccc2nc(NC(=O)c3cccc(-c4ccccc4I)c3)sc2c1. The Balaban J connectivity index is 0.00000272. The molecule has 160 valence electrons. The molecule has 1 heterocycles. The summed E-state index contributed by atoms with van der Waals surface area (Å²) in [7, 11) is 0. The van der Waals surface area contributed by atoms with E-state index in [4.69, 9.17) is 9.47 Å². The predicted octanol–water partition coefficient (Wildman–Crippen LogP) is 6.77. The van der Waals surface area contributed by atoms with Crippen LogP contribution in [0, 0.1) is 3.57 Å². The Morgan fingerprint density at radius 1 is 1.10 bits per heavy atom. The summed E-state index contributed by atoms with van der Waals surface area (Å²) in [5.74, 6) is 0.525. The molecule has 4 rings (SSSR count). The number of carbonyl (C=O) groups is 1. The summed E-state index contributed by atoms with van der Waals surface area (Å²) < 4.78 is 12.8. The number of fused-ring (bicyclic) bond motifs is 1. The molecule has 4 aromatic rings. The largest absolute Gasteiger partial charge is 0.468 e. The summed E-state index contributed by atoms with van der Waals surface area (Å²) >= 11 is 3.72. The number of benzene rings is 3. The van der Waals surface area contributed by atoms with Crippen molar-refractivity contribution in [1.29, 1.82) is 0 Å². The second-order valence-corrected chi connectivity index (χ2v) is 8.61. The summed E-state index contributed by atoms with van der Waals surface area (Å²) in [6, 6.07) is 21.3. The van der Waals surface area contributed by atoms with Crippen LogP contribution < -0.4 is 10.1 Å². The standard InChI is InChI=1S/C23H19IN2O3S.BrH/c1-2-28-14-29-17-10-11-20-21(13-17)30-23(25-20)26-22(27)16-7-5-6-15(12-16)18-8-3-4-9-19(18)24;/h3-13H,2,14H2,1H3,(H,25,26,27);1H. The number of rotatable bonds is 7. The van der Waals surface area contributed by atoms with Crippen LogP contribution in [0.25, 0.3) is 21.3 Å². The van der Waals surface area contributed by atoms with Gasteiger partial charge in [-0.25, -0.2) is 4.98 Å². The predicted molar refractivity (Wildman–Crippen MR) is 140 cm³/mol. The van der Waals surface area contributed by atoms with Crippen molar-refractivity contribution in [3.63, 3.8) is 0 Å². The van der Waals surface area contributed by atoms with Gasteiger partial charge in [0.25, 0.3) is 5.91 Å². The van der Waals surface area contributed by atoms with Crippen molar-refractivity contribution < 1.29 is 14.3 Å². The molecule has 0 bridgehead atoms. The minimum absolute atomic E-state index is 0. The third-order valence-electron chi connectivity index (χ3n) is 4.40. The number of thiazole rings is 1. The molecule has 0 aliphatic heterocycles. The highest BCUT2D eigenvalue weighted by Gasteiger charge is 2.12. The lowest BCUT2D eigenvalue weighted by molar-refractivity contribution is 0.0225. The Morgan fingerprint density at radius 2 is 1.94 bits per heavy atom. The van der Waals surface area contributed by atoms with Gasteiger partial charge in [-0.2, -0.15) is 0 Å². The number of anilines is 1. The van der Waals surface area contributed by atoms with Gasteiger partial charge >= 0.3 is 0 Å². The molecule has 0 atom stereocenters. The average molecular weight is 611 g/mol. The van der Waals surface area contributed by atoms with Gasteiger partial charge in [-0.05, 0) is 77.0 Å². The third kappa shape index (κ3) is 5.82. The number of nitrogens with zero attached hydrogens (tertiary/aromatic N) is 1. The van der Waals surface area contributed by atoms with Crippen LogP contribution >= 0.6 is 50.9 Å². The molecule has 0 spiro atoms. The van der Waals surface area contributed by atoms with Crippen LogP contribution in [0.4, 0.5) is 5.13 Å². The van der Waals surface area contributed by atoms with Crippen molar-refractivity contribution in [3.05, 3.63) is 75.9 Å². The van der Waals surface area contributed by atoms with Gasteiger partial charge < -0.3 is 9.47 Å². The van der Waals surface area contributed by atoms with Gasteiger partial charge in [0.15, 0.2) is 11.9 Å². The monoisotopic (exact) mass is 610 g/mol. The highest BCUT2D eigenvalue weighted by Crippen LogP contribution is 2.30. The van der Waals surface area contributed by atoms with Crippen molar-refractivity contribution in [2.45, 2.75) is 6.92 Å². The molecular formula is C23H20BrIN2O3S. The number of ether oxygens (including phenoxy) is 2. The second kappa shape index (κ2) is 11.0. The van der Waals surface area contributed by atoms with Gasteiger partial charge in [-0.15, -0.1) is 17.0 Å². The fraction of sp³-hybridized carbons (Fsp3) is 0.130. The molecule has 0 radical (unpaired) electrons. The molecule has 1 amide bonds. The maximum atomic E-state index is 12.8. The average Bonchev–Trinajstić information content (AvgIpc) is 3.16. The number of amides is 1. The third-order valence-corrected chi connectivity index (χ3v) is 6.28. The number of hydrogen-bond donors (Lipinski definition) is 1. The van der Waals surface area contributed by atoms with Crippen LogP contribution in [0.2, 0.25) is 0 Å². The van der Waals surface area contributed by atoms with Gasteiger partial charge in [-0.3, -0.25) is 10.1 Å². The zero-order valence-electron chi connectivity index (χ0n) is 16.6. The number of nitrogens with one attached hydrogen (secondary N) is 1. The van der Waals surface area contributed by atoms with Gasteiger partial charge in [0, 0.05) is 15.7 Å². The van der Waals surface area contributed by atoms with E-state index in [1.807, 2.05) is 61.5 Å². The van der Waals surface area contributed by atoms with Crippen LogP contribution in [-0.2, 0) is 4.74 Å². The van der Waals surface area contributed by atoms with Crippen molar-refractivity contribution in [3.8, 4) is 16.9 Å².